The number of nitrogens with zero attached hydrogens (tertiary/aromatic N) is 2. The first-order chi connectivity index (χ1) is 21.9. The van der Waals surface area contributed by atoms with E-state index in [0.29, 0.717) is 49.2 Å². The number of carboxylic acid groups (broad SMARTS) is 1. The fourth-order valence-corrected chi connectivity index (χ4v) is 8.05. The third kappa shape index (κ3) is 7.50. The highest BCUT2D eigenvalue weighted by atomic mass is 19.1. The van der Waals surface area contributed by atoms with Gasteiger partial charge >= 0.3 is 12.1 Å². The minimum atomic E-state index is -1.02. The number of alkyl carbamates (subject to hydrolysis) is 1. The molecule has 2 aliphatic carbocycles. The number of amides is 3. The number of alkyl halides is 1. The van der Waals surface area contributed by atoms with Gasteiger partial charge in [-0.1, -0.05) is 32.1 Å². The van der Waals surface area contributed by atoms with E-state index in [9.17, 15) is 28.7 Å². The molecule has 252 valence electrons. The topological polar surface area (TPSA) is 130 Å². The second kappa shape index (κ2) is 14.0. The summed E-state index contributed by atoms with van der Waals surface area (Å²) in [5.74, 6) is -1.13. The average molecular weight is 641 g/mol. The van der Waals surface area contributed by atoms with E-state index in [1.54, 1.807) is 61.6 Å². The van der Waals surface area contributed by atoms with Crippen LogP contribution in [0.1, 0.15) is 95.5 Å². The van der Waals surface area contributed by atoms with Crippen LogP contribution in [0.3, 0.4) is 0 Å². The fraction of sp³-hybridized carbons (Fsp3) is 0.657. The average Bonchev–Trinajstić information content (AvgIpc) is 3.61. The molecule has 1 aromatic heterocycles. The lowest BCUT2D eigenvalue weighted by Crippen LogP contribution is -2.50. The van der Waals surface area contributed by atoms with Crippen molar-refractivity contribution in [3.63, 3.8) is 0 Å². The van der Waals surface area contributed by atoms with Crippen molar-refractivity contribution in [1.29, 1.82) is 0 Å². The molecule has 0 bridgehead atoms. The van der Waals surface area contributed by atoms with Crippen LogP contribution in [0.2, 0.25) is 0 Å². The number of hydrogen-bond acceptors (Lipinski definition) is 5. The predicted octanol–water partition coefficient (Wildman–Crippen LogP) is 6.28. The maximum atomic E-state index is 14.1. The van der Waals surface area contributed by atoms with E-state index in [2.05, 4.69) is 10.6 Å². The molecule has 3 atom stereocenters. The summed E-state index contributed by atoms with van der Waals surface area (Å²) in [5.41, 5.74) is 0.801. The Balaban J connectivity index is 1.28. The normalized spacial score (nSPS) is 24.8. The van der Waals surface area contributed by atoms with Gasteiger partial charge in [0, 0.05) is 36.1 Å². The number of carbonyl (C=O) groups is 4. The number of carbonyl (C=O) groups excluding carboxylic acids is 3. The van der Waals surface area contributed by atoms with Crippen molar-refractivity contribution in [3.05, 3.63) is 30.0 Å². The standard InChI is InChI=1S/C35H49FN4O6/c1-35(2,3)46-34(45)38-27(20-36)22-10-12-23(13-11-22)32(42)40-17-16-26(21-8-6-5-7-9-21)30(40)31(41)37-25-14-15-28-24(18-25)19-29(33(43)44)39(28)4/h14-15,18-19,21-23,26-27,30H,5-13,16-17,20H2,1-4H3,(H,37,41)(H,38,45)(H,43,44)/t22?,23?,26-,27+,30-/m0/s1. The predicted molar refractivity (Wildman–Crippen MR) is 173 cm³/mol. The summed E-state index contributed by atoms with van der Waals surface area (Å²) < 4.78 is 20.9. The van der Waals surface area contributed by atoms with Gasteiger partial charge in [-0.3, -0.25) is 9.59 Å². The van der Waals surface area contributed by atoms with Crippen molar-refractivity contribution in [2.75, 3.05) is 18.5 Å². The zero-order valence-electron chi connectivity index (χ0n) is 27.5. The highest BCUT2D eigenvalue weighted by Gasteiger charge is 2.47. The molecule has 0 spiro atoms. The van der Waals surface area contributed by atoms with Crippen LogP contribution < -0.4 is 10.6 Å². The molecule has 1 aromatic carbocycles. The minimum Gasteiger partial charge on any atom is -0.477 e. The Hall–Kier alpha value is -3.63. The summed E-state index contributed by atoms with van der Waals surface area (Å²) in [7, 11) is 1.70. The van der Waals surface area contributed by atoms with Gasteiger partial charge in [0.1, 0.15) is 24.0 Å². The molecule has 10 nitrogen and oxygen atoms in total. The van der Waals surface area contributed by atoms with E-state index >= 15 is 0 Å². The number of aryl methyl sites for hydroxylation is 1. The molecular weight excluding hydrogens is 591 g/mol. The van der Waals surface area contributed by atoms with Crippen LogP contribution in [0.4, 0.5) is 14.9 Å². The molecule has 3 amide bonds. The van der Waals surface area contributed by atoms with E-state index in [0.717, 1.165) is 37.6 Å². The Morgan fingerprint density at radius 1 is 1.00 bits per heavy atom. The van der Waals surface area contributed by atoms with Gasteiger partial charge in [-0.05, 0) is 94.9 Å². The number of anilines is 1. The number of likely N-dealkylation sites (tertiary alicyclic amines) is 1. The van der Waals surface area contributed by atoms with Gasteiger partial charge in [0.2, 0.25) is 11.8 Å². The van der Waals surface area contributed by atoms with Crippen LogP contribution in [0.15, 0.2) is 24.3 Å². The summed E-state index contributed by atoms with van der Waals surface area (Å²) in [6.45, 7) is 5.11. The minimum absolute atomic E-state index is 0.0154. The van der Waals surface area contributed by atoms with Crippen molar-refractivity contribution in [3.8, 4) is 0 Å². The third-order valence-corrected chi connectivity index (χ3v) is 10.3. The largest absolute Gasteiger partial charge is 0.477 e. The molecule has 5 rings (SSSR count). The van der Waals surface area contributed by atoms with Crippen LogP contribution in [0, 0.1) is 23.7 Å². The van der Waals surface area contributed by atoms with Crippen molar-refractivity contribution in [1.82, 2.24) is 14.8 Å². The first-order valence-electron chi connectivity index (χ1n) is 16.9. The van der Waals surface area contributed by atoms with Crippen molar-refractivity contribution >= 4 is 40.5 Å². The number of halogens is 1. The third-order valence-electron chi connectivity index (χ3n) is 10.3. The molecular formula is C35H49FN4O6. The van der Waals surface area contributed by atoms with E-state index in [1.807, 2.05) is 0 Å². The number of fused-ring (bicyclic) bond motifs is 1. The monoisotopic (exact) mass is 640 g/mol. The van der Waals surface area contributed by atoms with Crippen LogP contribution >= 0.6 is 0 Å². The lowest BCUT2D eigenvalue weighted by molar-refractivity contribution is -0.142. The van der Waals surface area contributed by atoms with Crippen LogP contribution in [0.25, 0.3) is 10.9 Å². The first-order valence-corrected chi connectivity index (χ1v) is 16.9. The number of hydrogen-bond donors (Lipinski definition) is 3. The van der Waals surface area contributed by atoms with Crippen molar-refractivity contribution in [2.45, 2.75) is 103 Å². The summed E-state index contributed by atoms with van der Waals surface area (Å²) in [6, 6.07) is 5.70. The van der Waals surface area contributed by atoms with Gasteiger partial charge < -0.3 is 29.9 Å². The fourth-order valence-electron chi connectivity index (χ4n) is 8.05. The molecule has 3 aliphatic rings. The van der Waals surface area contributed by atoms with E-state index in [-0.39, 0.29) is 35.3 Å². The molecule has 0 radical (unpaired) electrons. The van der Waals surface area contributed by atoms with Gasteiger partial charge in [-0.25, -0.2) is 14.0 Å². The molecule has 2 saturated carbocycles. The second-order valence-electron chi connectivity index (χ2n) is 14.5. The summed E-state index contributed by atoms with van der Waals surface area (Å²) >= 11 is 0. The van der Waals surface area contributed by atoms with E-state index < -0.39 is 36.4 Å². The van der Waals surface area contributed by atoms with E-state index in [1.165, 1.54) is 6.42 Å². The number of carboxylic acids is 1. The van der Waals surface area contributed by atoms with Gasteiger partial charge in [0.25, 0.3) is 0 Å². The molecule has 2 aromatic rings. The number of rotatable bonds is 8. The van der Waals surface area contributed by atoms with Gasteiger partial charge in [-0.2, -0.15) is 0 Å². The lowest BCUT2D eigenvalue weighted by Gasteiger charge is -2.37. The Kier molecular flexibility index (Phi) is 10.3. The smallest absolute Gasteiger partial charge is 0.407 e. The Labute approximate surface area is 270 Å². The molecule has 3 fully saturated rings. The Morgan fingerprint density at radius 2 is 1.70 bits per heavy atom. The van der Waals surface area contributed by atoms with E-state index in [4.69, 9.17) is 4.74 Å². The zero-order chi connectivity index (χ0) is 33.2. The van der Waals surface area contributed by atoms with Crippen molar-refractivity contribution < 1.29 is 33.4 Å². The molecule has 46 heavy (non-hydrogen) atoms. The highest BCUT2D eigenvalue weighted by molar-refractivity contribution is 6.01. The maximum Gasteiger partial charge on any atom is 0.407 e. The summed E-state index contributed by atoms with van der Waals surface area (Å²) in [4.78, 5) is 53.9. The van der Waals surface area contributed by atoms with Gasteiger partial charge in [-0.15, -0.1) is 0 Å². The molecule has 11 heteroatoms. The Morgan fingerprint density at radius 3 is 2.33 bits per heavy atom. The molecule has 2 heterocycles. The van der Waals surface area contributed by atoms with Crippen LogP contribution in [0.5, 0.6) is 0 Å². The maximum absolute atomic E-state index is 14.1. The first kappa shape index (κ1) is 33.7. The molecule has 3 N–H and O–H groups in total. The highest BCUT2D eigenvalue weighted by Crippen LogP contribution is 2.41. The number of aromatic nitrogens is 1. The number of aromatic carboxylic acids is 1. The summed E-state index contributed by atoms with van der Waals surface area (Å²) in [6.07, 6.45) is 8.10. The number of nitrogens with one attached hydrogen (secondary N) is 2. The SMILES string of the molecule is Cn1c(C(=O)O)cc2cc(NC(=O)[C@@H]3[C@H](C4CCCCC4)CCN3C(=O)C3CCC([C@@H](CF)NC(=O)OC(C)(C)C)CC3)ccc21. The molecule has 1 saturated heterocycles. The van der Waals surface area contributed by atoms with Crippen molar-refractivity contribution in [2.24, 2.45) is 30.7 Å². The van der Waals surface area contributed by atoms with Crippen LogP contribution in [-0.4, -0.2) is 69.4 Å². The zero-order valence-corrected chi connectivity index (χ0v) is 27.5. The lowest BCUT2D eigenvalue weighted by atomic mass is 9.76. The molecule has 0 unspecified atom stereocenters. The number of benzene rings is 1. The van der Waals surface area contributed by atoms with Crippen LogP contribution in [-0.2, 0) is 21.4 Å². The number of ether oxygens (including phenoxy) is 1. The quantitative estimate of drug-likeness (QED) is 0.311. The van der Waals surface area contributed by atoms with Gasteiger partial charge in [0.05, 0.1) is 6.04 Å². The summed E-state index contributed by atoms with van der Waals surface area (Å²) in [5, 5.41) is 16.0. The second-order valence-corrected chi connectivity index (χ2v) is 14.5. The van der Waals surface area contributed by atoms with Gasteiger partial charge in [0.15, 0.2) is 0 Å². The molecule has 1 aliphatic heterocycles. The Bertz CT molecular complexity index is 1440.